The summed E-state index contributed by atoms with van der Waals surface area (Å²) in [5, 5.41) is 0. The summed E-state index contributed by atoms with van der Waals surface area (Å²) >= 11 is 10.9. The molecule has 0 amide bonds. The average Bonchev–Trinajstić information content (AvgIpc) is 1.86. The largest absolute Gasteiger partial charge is 0.319 e. The predicted octanol–water partition coefficient (Wildman–Crippen LogP) is 0.275. The fourth-order valence-corrected chi connectivity index (χ4v) is 0.576. The molecule has 1 atom stereocenters. The van der Waals surface area contributed by atoms with Crippen LogP contribution in [0.25, 0.3) is 0 Å². The van der Waals surface area contributed by atoms with Gasteiger partial charge in [0.1, 0.15) is 16.9 Å². The molecular weight excluding hydrogens is 177 g/mol. The van der Waals surface area contributed by atoms with Crippen molar-refractivity contribution in [2.45, 2.75) is 16.8 Å². The average molecular weight is 184 g/mol. The molecule has 0 aliphatic rings. The lowest BCUT2D eigenvalue weighted by atomic mass is 10.2. The molecule has 0 aromatic heterocycles. The summed E-state index contributed by atoms with van der Waals surface area (Å²) in [6.45, 7) is 0. The van der Waals surface area contributed by atoms with Crippen molar-refractivity contribution in [3.05, 3.63) is 0 Å². The van der Waals surface area contributed by atoms with Crippen LogP contribution in [0, 0.1) is 0 Å². The van der Waals surface area contributed by atoms with Crippen molar-refractivity contribution in [3.63, 3.8) is 0 Å². The number of hydrogen-bond donors (Lipinski definition) is 1. The van der Waals surface area contributed by atoms with Gasteiger partial charge in [0.05, 0.1) is 6.04 Å². The van der Waals surface area contributed by atoms with Crippen molar-refractivity contribution >= 4 is 35.8 Å². The predicted molar refractivity (Wildman–Crippen MR) is 39.2 cm³/mol. The van der Waals surface area contributed by atoms with Crippen LogP contribution in [0.3, 0.4) is 0 Å². The fraction of sp³-hybridized carbons (Fsp3) is 0.600. The van der Waals surface area contributed by atoms with Gasteiger partial charge in [-0.1, -0.05) is 23.2 Å². The van der Waals surface area contributed by atoms with Gasteiger partial charge in [-0.3, -0.25) is 0 Å². The number of halogens is 2. The van der Waals surface area contributed by atoms with Gasteiger partial charge in [0, 0.05) is 6.42 Å². The normalized spacial score (nSPS) is 14.3. The van der Waals surface area contributed by atoms with Crippen LogP contribution < -0.4 is 5.73 Å². The third-order valence-electron chi connectivity index (χ3n) is 0.990. The van der Waals surface area contributed by atoms with Gasteiger partial charge in [-0.25, -0.2) is 0 Å². The number of alkyl halides is 2. The third-order valence-corrected chi connectivity index (χ3v) is 1.80. The first-order valence-corrected chi connectivity index (χ1v) is 3.32. The topological polar surface area (TPSA) is 60.2 Å². The highest BCUT2D eigenvalue weighted by molar-refractivity contribution is 6.50. The molecule has 0 spiro atoms. The molecule has 0 aromatic rings. The first-order chi connectivity index (χ1) is 4.54. The van der Waals surface area contributed by atoms with Crippen LogP contribution in [0.5, 0.6) is 0 Å². The zero-order valence-corrected chi connectivity index (χ0v) is 6.60. The lowest BCUT2D eigenvalue weighted by Gasteiger charge is -2.18. The summed E-state index contributed by atoms with van der Waals surface area (Å²) in [7, 11) is 0. The Kier molecular flexibility index (Phi) is 3.86. The number of carbonyl (C=O) groups is 2. The zero-order valence-electron chi connectivity index (χ0n) is 5.09. The standard InChI is InChI=1S/C5H7Cl2NO2/c6-5(7,1-2-9)4(8)3-10/h2-4H,1,8H2. The molecule has 0 aliphatic heterocycles. The van der Waals surface area contributed by atoms with Gasteiger partial charge in [0.2, 0.25) is 0 Å². The van der Waals surface area contributed by atoms with E-state index in [0.717, 1.165) is 0 Å². The van der Waals surface area contributed by atoms with Crippen LogP contribution in [0.1, 0.15) is 6.42 Å². The Hall–Kier alpha value is -0.120. The number of nitrogens with two attached hydrogens (primary N) is 1. The lowest BCUT2D eigenvalue weighted by molar-refractivity contribution is -0.110. The van der Waals surface area contributed by atoms with E-state index in [4.69, 9.17) is 28.9 Å². The number of rotatable bonds is 4. The second-order valence-corrected chi connectivity index (χ2v) is 3.34. The van der Waals surface area contributed by atoms with Gasteiger partial charge >= 0.3 is 0 Å². The molecule has 0 saturated heterocycles. The van der Waals surface area contributed by atoms with E-state index in [1.165, 1.54) is 0 Å². The van der Waals surface area contributed by atoms with Crippen molar-refractivity contribution in [1.82, 2.24) is 0 Å². The van der Waals surface area contributed by atoms with E-state index in [-0.39, 0.29) is 6.42 Å². The van der Waals surface area contributed by atoms with Gasteiger partial charge < -0.3 is 15.3 Å². The highest BCUT2D eigenvalue weighted by Gasteiger charge is 2.31. The molecule has 0 fully saturated rings. The maximum Gasteiger partial charge on any atom is 0.146 e. The number of hydrogen-bond acceptors (Lipinski definition) is 3. The monoisotopic (exact) mass is 183 g/mol. The minimum Gasteiger partial charge on any atom is -0.319 e. The summed E-state index contributed by atoms with van der Waals surface area (Å²) in [4.78, 5) is 19.9. The molecule has 0 bridgehead atoms. The van der Waals surface area contributed by atoms with Crippen molar-refractivity contribution in [1.29, 1.82) is 0 Å². The lowest BCUT2D eigenvalue weighted by Crippen LogP contribution is -2.40. The van der Waals surface area contributed by atoms with Crippen LogP contribution in [-0.2, 0) is 9.59 Å². The molecule has 0 aliphatic carbocycles. The Balaban J connectivity index is 4.07. The Labute approximate surface area is 68.5 Å². The van der Waals surface area contributed by atoms with Gasteiger partial charge in [0.15, 0.2) is 0 Å². The van der Waals surface area contributed by atoms with Crippen molar-refractivity contribution in [2.75, 3.05) is 0 Å². The Bertz CT molecular complexity index is 138. The van der Waals surface area contributed by atoms with Crippen molar-refractivity contribution in [3.8, 4) is 0 Å². The smallest absolute Gasteiger partial charge is 0.146 e. The van der Waals surface area contributed by atoms with Crippen LogP contribution in [0.4, 0.5) is 0 Å². The highest BCUT2D eigenvalue weighted by Crippen LogP contribution is 2.26. The van der Waals surface area contributed by atoms with Gasteiger partial charge in [-0.05, 0) is 0 Å². The zero-order chi connectivity index (χ0) is 8.20. The fourth-order valence-electron chi connectivity index (χ4n) is 0.347. The summed E-state index contributed by atoms with van der Waals surface area (Å²) in [5.74, 6) is 0. The Morgan fingerprint density at radius 2 is 2.00 bits per heavy atom. The summed E-state index contributed by atoms with van der Waals surface area (Å²) in [6.07, 6.45) is 0.781. The molecule has 3 nitrogen and oxygen atoms in total. The molecule has 58 valence electrons. The van der Waals surface area contributed by atoms with Crippen molar-refractivity contribution in [2.24, 2.45) is 5.73 Å². The van der Waals surface area contributed by atoms with Crippen LogP contribution in [0.2, 0.25) is 0 Å². The van der Waals surface area contributed by atoms with E-state index >= 15 is 0 Å². The van der Waals surface area contributed by atoms with Gasteiger partial charge in [-0.2, -0.15) is 0 Å². The molecule has 1 unspecified atom stereocenters. The number of aldehydes is 2. The van der Waals surface area contributed by atoms with E-state index in [1.54, 1.807) is 0 Å². The molecular formula is C5H7Cl2NO2. The van der Waals surface area contributed by atoms with E-state index in [2.05, 4.69) is 0 Å². The van der Waals surface area contributed by atoms with Crippen LogP contribution in [0.15, 0.2) is 0 Å². The summed E-state index contributed by atoms with van der Waals surface area (Å²) < 4.78 is -1.45. The maximum absolute atomic E-state index is 10.0. The minimum absolute atomic E-state index is 0.143. The maximum atomic E-state index is 10.0. The third kappa shape index (κ3) is 2.64. The van der Waals surface area contributed by atoms with Crippen molar-refractivity contribution < 1.29 is 9.59 Å². The Morgan fingerprint density at radius 1 is 1.50 bits per heavy atom. The SMILES string of the molecule is NC(C=O)C(Cl)(Cl)CC=O. The Morgan fingerprint density at radius 3 is 2.30 bits per heavy atom. The van der Waals surface area contributed by atoms with E-state index in [9.17, 15) is 9.59 Å². The summed E-state index contributed by atoms with van der Waals surface area (Å²) in [5.41, 5.74) is 5.15. The first kappa shape index (κ1) is 9.88. The second-order valence-electron chi connectivity index (χ2n) is 1.79. The molecule has 0 saturated carbocycles. The van der Waals surface area contributed by atoms with E-state index < -0.39 is 10.4 Å². The number of carbonyl (C=O) groups excluding carboxylic acids is 2. The van der Waals surface area contributed by atoms with Crippen LogP contribution >= 0.6 is 23.2 Å². The quantitative estimate of drug-likeness (QED) is 0.504. The van der Waals surface area contributed by atoms with Crippen LogP contribution in [-0.4, -0.2) is 22.9 Å². The summed E-state index contributed by atoms with van der Waals surface area (Å²) in [6, 6.07) is -1.01. The molecule has 5 heteroatoms. The molecule has 0 heterocycles. The first-order valence-electron chi connectivity index (χ1n) is 2.57. The van der Waals surface area contributed by atoms with E-state index in [0.29, 0.717) is 12.6 Å². The van der Waals surface area contributed by atoms with Gasteiger partial charge in [0.25, 0.3) is 0 Å². The molecule has 2 N–H and O–H groups in total. The second kappa shape index (κ2) is 3.91. The molecule has 10 heavy (non-hydrogen) atoms. The molecule has 0 radical (unpaired) electrons. The van der Waals surface area contributed by atoms with Gasteiger partial charge in [-0.15, -0.1) is 0 Å². The minimum atomic E-state index is -1.45. The van der Waals surface area contributed by atoms with E-state index in [1.807, 2.05) is 0 Å². The molecule has 0 rings (SSSR count). The highest BCUT2D eigenvalue weighted by atomic mass is 35.5. The molecule has 0 aromatic carbocycles.